The lowest BCUT2D eigenvalue weighted by molar-refractivity contribution is -0.120. The van der Waals surface area contributed by atoms with Gasteiger partial charge in [-0.1, -0.05) is 24.3 Å². The van der Waals surface area contributed by atoms with Crippen molar-refractivity contribution in [3.8, 4) is 0 Å². The fraction of sp³-hybridized carbons (Fsp3) is 0.133. The summed E-state index contributed by atoms with van der Waals surface area (Å²) in [5, 5.41) is 2.64. The van der Waals surface area contributed by atoms with Gasteiger partial charge >= 0.3 is 0 Å². The maximum absolute atomic E-state index is 13.0. The number of anilines is 1. The van der Waals surface area contributed by atoms with Crippen LogP contribution in [0.4, 0.5) is 14.5 Å². The predicted octanol–water partition coefficient (Wildman–Crippen LogP) is 2.41. The van der Waals surface area contributed by atoms with Crippen LogP contribution >= 0.6 is 0 Å². The van der Waals surface area contributed by atoms with E-state index >= 15 is 0 Å². The highest BCUT2D eigenvalue weighted by molar-refractivity contribution is 5.80. The largest absolute Gasteiger partial charge is 0.398 e. The molecular formula is C15H14F2N2O. The zero-order chi connectivity index (χ0) is 14.5. The topological polar surface area (TPSA) is 55.1 Å². The third kappa shape index (κ3) is 3.54. The number of hydrogen-bond donors (Lipinski definition) is 2. The minimum absolute atomic E-state index is 0.142. The lowest BCUT2D eigenvalue weighted by Crippen LogP contribution is -2.25. The van der Waals surface area contributed by atoms with E-state index in [1.54, 1.807) is 24.3 Å². The molecule has 2 aromatic rings. The summed E-state index contributed by atoms with van der Waals surface area (Å²) in [7, 11) is 0. The Morgan fingerprint density at radius 1 is 1.10 bits per heavy atom. The van der Waals surface area contributed by atoms with Crippen molar-refractivity contribution >= 4 is 11.6 Å². The number of para-hydroxylation sites is 1. The van der Waals surface area contributed by atoms with E-state index in [1.165, 1.54) is 6.07 Å². The Hall–Kier alpha value is -2.43. The zero-order valence-electron chi connectivity index (χ0n) is 10.7. The number of hydrogen-bond acceptors (Lipinski definition) is 2. The highest BCUT2D eigenvalue weighted by atomic mass is 19.2. The number of nitrogens with one attached hydrogen (secondary N) is 1. The van der Waals surface area contributed by atoms with Crippen molar-refractivity contribution in [2.75, 3.05) is 5.73 Å². The van der Waals surface area contributed by atoms with Crippen molar-refractivity contribution < 1.29 is 13.6 Å². The van der Waals surface area contributed by atoms with E-state index < -0.39 is 11.6 Å². The first-order valence-electron chi connectivity index (χ1n) is 6.10. The molecule has 20 heavy (non-hydrogen) atoms. The Morgan fingerprint density at radius 2 is 1.85 bits per heavy atom. The highest BCUT2D eigenvalue weighted by Gasteiger charge is 2.07. The van der Waals surface area contributed by atoms with Gasteiger partial charge in [0.05, 0.1) is 6.42 Å². The number of nitrogens with two attached hydrogens (primary N) is 1. The monoisotopic (exact) mass is 276 g/mol. The van der Waals surface area contributed by atoms with Gasteiger partial charge in [-0.15, -0.1) is 0 Å². The van der Waals surface area contributed by atoms with E-state index in [2.05, 4.69) is 5.32 Å². The summed E-state index contributed by atoms with van der Waals surface area (Å²) in [4.78, 5) is 11.8. The van der Waals surface area contributed by atoms with Crippen LogP contribution in [0.15, 0.2) is 42.5 Å². The summed E-state index contributed by atoms with van der Waals surface area (Å²) in [6, 6.07) is 10.6. The number of carbonyl (C=O) groups excluding carboxylic acids is 1. The predicted molar refractivity (Wildman–Crippen MR) is 72.8 cm³/mol. The van der Waals surface area contributed by atoms with Crippen LogP contribution < -0.4 is 11.1 Å². The van der Waals surface area contributed by atoms with Crippen molar-refractivity contribution in [2.45, 2.75) is 13.0 Å². The van der Waals surface area contributed by atoms with Gasteiger partial charge < -0.3 is 11.1 Å². The Balaban J connectivity index is 1.92. The number of nitrogen functional groups attached to an aromatic ring is 1. The fourth-order valence-electron chi connectivity index (χ4n) is 1.78. The molecule has 0 bridgehead atoms. The number of benzene rings is 2. The average Bonchev–Trinajstić information content (AvgIpc) is 2.43. The number of halogens is 2. The Morgan fingerprint density at radius 3 is 2.55 bits per heavy atom. The third-order valence-electron chi connectivity index (χ3n) is 2.88. The Labute approximate surface area is 115 Å². The van der Waals surface area contributed by atoms with Crippen molar-refractivity contribution in [1.29, 1.82) is 0 Å². The number of carbonyl (C=O) groups is 1. The molecule has 3 nitrogen and oxygen atoms in total. The summed E-state index contributed by atoms with van der Waals surface area (Å²) < 4.78 is 25.8. The van der Waals surface area contributed by atoms with Crippen molar-refractivity contribution in [3.63, 3.8) is 0 Å². The molecule has 0 radical (unpaired) electrons. The second kappa shape index (κ2) is 6.14. The van der Waals surface area contributed by atoms with Crippen molar-refractivity contribution in [3.05, 3.63) is 65.2 Å². The summed E-state index contributed by atoms with van der Waals surface area (Å²) in [5.74, 6) is -2.06. The van der Waals surface area contributed by atoms with Crippen molar-refractivity contribution in [1.82, 2.24) is 5.32 Å². The lowest BCUT2D eigenvalue weighted by Gasteiger charge is -2.07. The first-order valence-corrected chi connectivity index (χ1v) is 6.10. The van der Waals surface area contributed by atoms with E-state index in [0.29, 0.717) is 11.3 Å². The smallest absolute Gasteiger partial charge is 0.224 e. The summed E-state index contributed by atoms with van der Waals surface area (Å²) in [6.07, 6.45) is 0.149. The zero-order valence-corrected chi connectivity index (χ0v) is 10.7. The maximum Gasteiger partial charge on any atom is 0.224 e. The first kappa shape index (κ1) is 14.0. The Kier molecular flexibility index (Phi) is 4.30. The SMILES string of the molecule is Nc1ccccc1CC(=O)NCc1ccc(F)c(F)c1. The first-order chi connectivity index (χ1) is 9.56. The van der Waals surface area contributed by atoms with Crippen LogP contribution in [-0.4, -0.2) is 5.91 Å². The third-order valence-corrected chi connectivity index (χ3v) is 2.88. The molecule has 5 heteroatoms. The molecule has 0 aliphatic heterocycles. The van der Waals surface area contributed by atoms with Gasteiger partial charge in [-0.25, -0.2) is 8.78 Å². The summed E-state index contributed by atoms with van der Waals surface area (Å²) in [6.45, 7) is 0.142. The van der Waals surface area contributed by atoms with Crippen LogP contribution in [0.25, 0.3) is 0 Å². The molecule has 0 aliphatic rings. The van der Waals surface area contributed by atoms with E-state index in [1.807, 2.05) is 0 Å². The molecule has 0 heterocycles. The molecule has 2 rings (SSSR count). The van der Waals surface area contributed by atoms with Gasteiger partial charge in [0.15, 0.2) is 11.6 Å². The summed E-state index contributed by atoms with van der Waals surface area (Å²) >= 11 is 0. The molecule has 0 fully saturated rings. The fourth-order valence-corrected chi connectivity index (χ4v) is 1.78. The van der Waals surface area contributed by atoms with Gasteiger partial charge in [-0.05, 0) is 29.3 Å². The molecule has 2 aromatic carbocycles. The second-order valence-corrected chi connectivity index (χ2v) is 4.40. The van der Waals surface area contributed by atoms with Crippen LogP contribution in [0.2, 0.25) is 0 Å². The standard InChI is InChI=1S/C15H14F2N2O/c16-12-6-5-10(7-13(12)17)9-19-15(20)8-11-3-1-2-4-14(11)18/h1-7H,8-9,18H2,(H,19,20). The van der Waals surface area contributed by atoms with Crippen LogP contribution in [0.5, 0.6) is 0 Å². The van der Waals surface area contributed by atoms with E-state index in [0.717, 1.165) is 17.7 Å². The molecule has 3 N–H and O–H groups in total. The molecule has 0 saturated carbocycles. The molecule has 1 amide bonds. The molecule has 0 atom stereocenters. The van der Waals surface area contributed by atoms with Crippen LogP contribution in [0, 0.1) is 11.6 Å². The Bertz CT molecular complexity index is 629. The van der Waals surface area contributed by atoms with Gasteiger partial charge in [0, 0.05) is 12.2 Å². The molecule has 0 saturated heterocycles. The average molecular weight is 276 g/mol. The molecule has 0 unspecified atom stereocenters. The van der Waals surface area contributed by atoms with Crippen molar-refractivity contribution in [2.24, 2.45) is 0 Å². The van der Waals surface area contributed by atoms with Crippen LogP contribution in [-0.2, 0) is 17.8 Å². The number of rotatable bonds is 4. The van der Waals surface area contributed by atoms with E-state index in [-0.39, 0.29) is 18.9 Å². The summed E-state index contributed by atoms with van der Waals surface area (Å²) in [5.41, 5.74) is 7.52. The second-order valence-electron chi connectivity index (χ2n) is 4.40. The molecule has 0 aliphatic carbocycles. The van der Waals surface area contributed by atoms with Gasteiger partial charge in [0.25, 0.3) is 0 Å². The van der Waals surface area contributed by atoms with E-state index in [9.17, 15) is 13.6 Å². The highest BCUT2D eigenvalue weighted by Crippen LogP contribution is 2.11. The van der Waals surface area contributed by atoms with Gasteiger partial charge in [-0.2, -0.15) is 0 Å². The van der Waals surface area contributed by atoms with Gasteiger partial charge in [0.2, 0.25) is 5.91 Å². The van der Waals surface area contributed by atoms with Gasteiger partial charge in [0.1, 0.15) is 0 Å². The minimum atomic E-state index is -0.927. The van der Waals surface area contributed by atoms with Crippen LogP contribution in [0.3, 0.4) is 0 Å². The molecular weight excluding hydrogens is 262 g/mol. The number of amides is 1. The molecule has 0 spiro atoms. The maximum atomic E-state index is 13.0. The minimum Gasteiger partial charge on any atom is -0.398 e. The van der Waals surface area contributed by atoms with E-state index in [4.69, 9.17) is 5.73 Å². The quantitative estimate of drug-likeness (QED) is 0.843. The van der Waals surface area contributed by atoms with Crippen LogP contribution in [0.1, 0.15) is 11.1 Å². The lowest BCUT2D eigenvalue weighted by atomic mass is 10.1. The normalized spacial score (nSPS) is 10.3. The molecule has 0 aromatic heterocycles. The molecule has 104 valence electrons. The van der Waals surface area contributed by atoms with Gasteiger partial charge in [-0.3, -0.25) is 4.79 Å².